The molecule has 0 bridgehead atoms. The first-order valence-corrected chi connectivity index (χ1v) is 3.81. The van der Waals surface area contributed by atoms with E-state index >= 15 is 0 Å². The van der Waals surface area contributed by atoms with Gasteiger partial charge in [0.15, 0.2) is 6.29 Å². The van der Waals surface area contributed by atoms with Gasteiger partial charge in [-0.1, -0.05) is 6.58 Å². The SMILES string of the molecule is C=C(C)C1OC1OCC1CO1. The Balaban J connectivity index is 1.62. The van der Waals surface area contributed by atoms with Gasteiger partial charge in [-0.05, 0) is 12.5 Å². The van der Waals surface area contributed by atoms with Crippen molar-refractivity contribution in [2.24, 2.45) is 0 Å². The molecular weight excluding hydrogens is 144 g/mol. The first-order chi connectivity index (χ1) is 5.27. The molecule has 0 aromatic carbocycles. The fraction of sp³-hybridized carbons (Fsp3) is 0.750. The maximum absolute atomic E-state index is 5.34. The van der Waals surface area contributed by atoms with Crippen LogP contribution in [0.5, 0.6) is 0 Å². The molecule has 0 aliphatic carbocycles. The molecule has 0 spiro atoms. The van der Waals surface area contributed by atoms with Crippen LogP contribution < -0.4 is 0 Å². The molecule has 2 aliphatic rings. The summed E-state index contributed by atoms with van der Waals surface area (Å²) in [4.78, 5) is 0. The Kier molecular flexibility index (Phi) is 1.71. The van der Waals surface area contributed by atoms with Crippen molar-refractivity contribution in [1.82, 2.24) is 0 Å². The molecule has 2 fully saturated rings. The standard InChI is InChI=1S/C8H12O3/c1-5(2)7-8(11-7)10-4-6-3-9-6/h6-8H,1,3-4H2,2H3. The smallest absolute Gasteiger partial charge is 0.188 e. The van der Waals surface area contributed by atoms with E-state index in [1.54, 1.807) is 0 Å². The third kappa shape index (κ3) is 1.80. The van der Waals surface area contributed by atoms with Gasteiger partial charge in [-0.15, -0.1) is 0 Å². The molecule has 3 heteroatoms. The lowest BCUT2D eigenvalue weighted by atomic mass is 10.2. The van der Waals surface area contributed by atoms with Gasteiger partial charge in [0.2, 0.25) is 0 Å². The highest BCUT2D eigenvalue weighted by atomic mass is 16.8. The molecule has 2 aliphatic heterocycles. The summed E-state index contributed by atoms with van der Waals surface area (Å²) in [6.07, 6.45) is 0.412. The minimum Gasteiger partial charge on any atom is -0.371 e. The van der Waals surface area contributed by atoms with Crippen LogP contribution in [0, 0.1) is 0 Å². The normalized spacial score (nSPS) is 40.3. The molecule has 62 valence electrons. The van der Waals surface area contributed by atoms with E-state index in [2.05, 4.69) is 6.58 Å². The summed E-state index contributed by atoms with van der Waals surface area (Å²) < 4.78 is 15.5. The van der Waals surface area contributed by atoms with Crippen molar-refractivity contribution in [3.63, 3.8) is 0 Å². The molecule has 3 atom stereocenters. The molecular formula is C8H12O3. The van der Waals surface area contributed by atoms with Crippen LogP contribution in [-0.2, 0) is 14.2 Å². The highest BCUT2D eigenvalue weighted by molar-refractivity contribution is 5.06. The van der Waals surface area contributed by atoms with Gasteiger partial charge in [0.1, 0.15) is 12.2 Å². The number of rotatable bonds is 4. The monoisotopic (exact) mass is 156 g/mol. The maximum atomic E-state index is 5.34. The van der Waals surface area contributed by atoms with Crippen molar-refractivity contribution in [1.29, 1.82) is 0 Å². The summed E-state index contributed by atoms with van der Waals surface area (Å²) in [5, 5.41) is 0. The van der Waals surface area contributed by atoms with Gasteiger partial charge >= 0.3 is 0 Å². The topological polar surface area (TPSA) is 34.3 Å². The van der Waals surface area contributed by atoms with E-state index in [9.17, 15) is 0 Å². The molecule has 2 rings (SSSR count). The van der Waals surface area contributed by atoms with Gasteiger partial charge in [-0.25, -0.2) is 0 Å². The molecule has 0 aromatic heterocycles. The first-order valence-electron chi connectivity index (χ1n) is 3.81. The average Bonchev–Trinajstić information content (AvgIpc) is 2.81. The molecule has 2 saturated heterocycles. The predicted octanol–water partition coefficient (Wildman–Crippen LogP) is 0.703. The minimum atomic E-state index is -0.0447. The van der Waals surface area contributed by atoms with Gasteiger partial charge in [0.05, 0.1) is 13.2 Å². The molecule has 0 amide bonds. The Bertz CT molecular complexity index is 174. The Hall–Kier alpha value is -0.380. The largest absolute Gasteiger partial charge is 0.371 e. The molecule has 3 unspecified atom stereocenters. The highest BCUT2D eigenvalue weighted by Gasteiger charge is 2.41. The second-order valence-corrected chi connectivity index (χ2v) is 3.06. The van der Waals surface area contributed by atoms with Crippen LogP contribution in [-0.4, -0.2) is 31.7 Å². The van der Waals surface area contributed by atoms with Crippen molar-refractivity contribution in [3.8, 4) is 0 Å². The van der Waals surface area contributed by atoms with E-state index in [0.717, 1.165) is 12.2 Å². The van der Waals surface area contributed by atoms with Crippen molar-refractivity contribution in [2.45, 2.75) is 25.4 Å². The van der Waals surface area contributed by atoms with E-state index < -0.39 is 0 Å². The van der Waals surface area contributed by atoms with Crippen molar-refractivity contribution < 1.29 is 14.2 Å². The Morgan fingerprint density at radius 1 is 1.73 bits per heavy atom. The first kappa shape index (κ1) is 7.28. The zero-order chi connectivity index (χ0) is 7.84. The fourth-order valence-electron chi connectivity index (χ4n) is 0.941. The summed E-state index contributed by atoms with van der Waals surface area (Å²) in [6.45, 7) is 7.22. The molecule has 3 nitrogen and oxygen atoms in total. The second-order valence-electron chi connectivity index (χ2n) is 3.06. The van der Waals surface area contributed by atoms with Crippen LogP contribution in [0.4, 0.5) is 0 Å². The van der Waals surface area contributed by atoms with E-state index in [1.807, 2.05) is 6.92 Å². The van der Waals surface area contributed by atoms with E-state index in [-0.39, 0.29) is 12.4 Å². The van der Waals surface area contributed by atoms with E-state index in [0.29, 0.717) is 12.7 Å². The minimum absolute atomic E-state index is 0.0447. The van der Waals surface area contributed by atoms with Crippen LogP contribution in [0.25, 0.3) is 0 Å². The predicted molar refractivity (Wildman–Crippen MR) is 39.2 cm³/mol. The van der Waals surface area contributed by atoms with E-state index in [1.165, 1.54) is 0 Å². The quantitative estimate of drug-likeness (QED) is 0.444. The van der Waals surface area contributed by atoms with Crippen LogP contribution in [0.2, 0.25) is 0 Å². The molecule has 0 radical (unpaired) electrons. The molecule has 2 heterocycles. The van der Waals surface area contributed by atoms with Gasteiger partial charge < -0.3 is 14.2 Å². The highest BCUT2D eigenvalue weighted by Crippen LogP contribution is 2.29. The van der Waals surface area contributed by atoms with Crippen molar-refractivity contribution >= 4 is 0 Å². The fourth-order valence-corrected chi connectivity index (χ4v) is 0.941. The van der Waals surface area contributed by atoms with Gasteiger partial charge in [-0.3, -0.25) is 0 Å². The number of hydrogen-bond acceptors (Lipinski definition) is 3. The zero-order valence-corrected chi connectivity index (χ0v) is 6.58. The lowest BCUT2D eigenvalue weighted by Crippen LogP contribution is -2.06. The number of hydrogen-bond donors (Lipinski definition) is 0. The lowest BCUT2D eigenvalue weighted by molar-refractivity contribution is 0.0406. The van der Waals surface area contributed by atoms with Crippen LogP contribution >= 0.6 is 0 Å². The van der Waals surface area contributed by atoms with E-state index in [4.69, 9.17) is 14.2 Å². The third-order valence-electron chi connectivity index (χ3n) is 1.79. The Morgan fingerprint density at radius 3 is 2.91 bits per heavy atom. The Morgan fingerprint density at radius 2 is 2.45 bits per heavy atom. The zero-order valence-electron chi connectivity index (χ0n) is 6.58. The number of epoxide rings is 2. The van der Waals surface area contributed by atoms with Gasteiger partial charge in [0, 0.05) is 0 Å². The molecule has 0 aromatic rings. The molecule has 11 heavy (non-hydrogen) atoms. The average molecular weight is 156 g/mol. The summed E-state index contributed by atoms with van der Waals surface area (Å²) in [5.41, 5.74) is 1.03. The van der Waals surface area contributed by atoms with Crippen LogP contribution in [0.15, 0.2) is 12.2 Å². The van der Waals surface area contributed by atoms with Crippen LogP contribution in [0.3, 0.4) is 0 Å². The maximum Gasteiger partial charge on any atom is 0.188 e. The summed E-state index contributed by atoms with van der Waals surface area (Å²) in [6, 6.07) is 0. The molecule has 0 saturated carbocycles. The van der Waals surface area contributed by atoms with Crippen molar-refractivity contribution in [2.75, 3.05) is 13.2 Å². The van der Waals surface area contributed by atoms with Gasteiger partial charge in [-0.2, -0.15) is 0 Å². The summed E-state index contributed by atoms with van der Waals surface area (Å²) in [7, 11) is 0. The summed E-state index contributed by atoms with van der Waals surface area (Å²) in [5.74, 6) is 0. The van der Waals surface area contributed by atoms with Crippen molar-refractivity contribution in [3.05, 3.63) is 12.2 Å². The molecule has 0 N–H and O–H groups in total. The number of ether oxygens (including phenoxy) is 3. The lowest BCUT2D eigenvalue weighted by Gasteiger charge is -1.94. The van der Waals surface area contributed by atoms with Crippen LogP contribution in [0.1, 0.15) is 6.92 Å². The van der Waals surface area contributed by atoms with Gasteiger partial charge in [0.25, 0.3) is 0 Å². The second kappa shape index (κ2) is 2.59. The summed E-state index contributed by atoms with van der Waals surface area (Å²) >= 11 is 0. The Labute approximate surface area is 65.9 Å². The third-order valence-corrected chi connectivity index (χ3v) is 1.79.